The zero-order valence-electron chi connectivity index (χ0n) is 33.1. The second kappa shape index (κ2) is 25.0. The molecule has 9 heteroatoms. The summed E-state index contributed by atoms with van der Waals surface area (Å²) in [6.45, 7) is 17.1. The van der Waals surface area contributed by atoms with Gasteiger partial charge in [-0.1, -0.05) is 92.9 Å². The molecule has 0 radical (unpaired) electrons. The van der Waals surface area contributed by atoms with E-state index in [9.17, 15) is 20.1 Å². The highest BCUT2D eigenvalue weighted by Gasteiger charge is 2.20. The first-order valence-corrected chi connectivity index (χ1v) is 19.9. The molecule has 3 unspecified atom stereocenters. The number of anilines is 2. The number of nitriles is 2. The number of unbranched alkanes of at least 4 members (excludes halogenated alkanes) is 3. The van der Waals surface area contributed by atoms with Crippen molar-refractivity contribution in [2.75, 3.05) is 29.9 Å². The normalized spacial score (nSPS) is 12.9. The van der Waals surface area contributed by atoms with E-state index >= 15 is 0 Å². The summed E-state index contributed by atoms with van der Waals surface area (Å²) >= 11 is 0. The van der Waals surface area contributed by atoms with Gasteiger partial charge in [-0.2, -0.15) is 10.5 Å². The molecular weight excluding hydrogens is 649 g/mol. The number of hydrogen-bond acceptors (Lipinski definition) is 8. The van der Waals surface area contributed by atoms with Gasteiger partial charge in [-0.15, -0.1) is 10.2 Å². The third-order valence-corrected chi connectivity index (χ3v) is 9.87. The summed E-state index contributed by atoms with van der Waals surface area (Å²) in [5.41, 5.74) is 2.50. The molecule has 2 rings (SSSR count). The molecule has 0 aromatic heterocycles. The Labute approximate surface area is 314 Å². The standard InChI is InChI=1S/C43H64N6O3/c1-8-14-18-33(11-4)30-49(31-34(12-5)19-15-9-2)38-22-23-40(41(27-38)46-32(7)50)47-48-43-36(28-44)25-35(26-37(43)29-45)42(51)21-17-24-52-39(13-6)20-16-10-3/h22-23,25-27,33-34,39H,8-21,24,30-31H2,1-7H3,(H,46,50). The van der Waals surface area contributed by atoms with Crippen molar-refractivity contribution in [3.63, 3.8) is 0 Å². The number of benzene rings is 2. The van der Waals surface area contributed by atoms with Crippen molar-refractivity contribution in [2.45, 2.75) is 144 Å². The summed E-state index contributed by atoms with van der Waals surface area (Å²) in [6.07, 6.45) is 14.5. The van der Waals surface area contributed by atoms with Crippen molar-refractivity contribution in [3.8, 4) is 12.1 Å². The maximum atomic E-state index is 13.1. The van der Waals surface area contributed by atoms with Gasteiger partial charge in [-0.3, -0.25) is 9.59 Å². The van der Waals surface area contributed by atoms with Crippen LogP contribution in [0.2, 0.25) is 0 Å². The summed E-state index contributed by atoms with van der Waals surface area (Å²) in [4.78, 5) is 27.9. The lowest BCUT2D eigenvalue weighted by Gasteiger charge is -2.33. The van der Waals surface area contributed by atoms with E-state index < -0.39 is 0 Å². The Hall–Kier alpha value is -4.08. The van der Waals surface area contributed by atoms with E-state index in [0.717, 1.165) is 57.3 Å². The molecule has 0 fully saturated rings. The molecule has 1 N–H and O–H groups in total. The maximum Gasteiger partial charge on any atom is 0.221 e. The zero-order chi connectivity index (χ0) is 38.3. The molecule has 0 spiro atoms. The van der Waals surface area contributed by atoms with Gasteiger partial charge in [0.1, 0.15) is 23.5 Å². The van der Waals surface area contributed by atoms with Crippen LogP contribution in [0.5, 0.6) is 0 Å². The van der Waals surface area contributed by atoms with Gasteiger partial charge < -0.3 is 15.0 Å². The monoisotopic (exact) mass is 713 g/mol. The van der Waals surface area contributed by atoms with Gasteiger partial charge in [0, 0.05) is 44.3 Å². The Morgan fingerprint density at radius 2 is 1.37 bits per heavy atom. The van der Waals surface area contributed by atoms with Crippen LogP contribution in [0.4, 0.5) is 22.7 Å². The van der Waals surface area contributed by atoms with Gasteiger partial charge >= 0.3 is 0 Å². The van der Waals surface area contributed by atoms with Crippen LogP contribution in [-0.2, 0) is 9.53 Å². The second-order valence-electron chi connectivity index (χ2n) is 14.0. The lowest BCUT2D eigenvalue weighted by Crippen LogP contribution is -2.34. The minimum atomic E-state index is -0.237. The van der Waals surface area contributed by atoms with Gasteiger partial charge in [0.25, 0.3) is 0 Å². The van der Waals surface area contributed by atoms with Crippen molar-refractivity contribution < 1.29 is 14.3 Å². The molecule has 0 aliphatic carbocycles. The molecule has 52 heavy (non-hydrogen) atoms. The number of ketones is 1. The van der Waals surface area contributed by atoms with Crippen LogP contribution in [0.1, 0.15) is 160 Å². The average molecular weight is 713 g/mol. The van der Waals surface area contributed by atoms with Gasteiger partial charge in [0.15, 0.2) is 5.78 Å². The molecular formula is C43H64N6O3. The summed E-state index contributed by atoms with van der Waals surface area (Å²) in [5.74, 6) is 0.731. The number of carbonyl (C=O) groups excluding carboxylic acids is 2. The highest BCUT2D eigenvalue weighted by molar-refractivity contribution is 5.97. The number of amides is 1. The van der Waals surface area contributed by atoms with E-state index in [0.29, 0.717) is 41.8 Å². The summed E-state index contributed by atoms with van der Waals surface area (Å²) in [5, 5.41) is 31.8. The fraction of sp³-hybridized carbons (Fsp3) is 0.628. The summed E-state index contributed by atoms with van der Waals surface area (Å²) < 4.78 is 5.98. The first-order chi connectivity index (χ1) is 25.2. The number of azo groups is 1. The van der Waals surface area contributed by atoms with Crippen LogP contribution in [-0.4, -0.2) is 37.5 Å². The van der Waals surface area contributed by atoms with Crippen LogP contribution >= 0.6 is 0 Å². The average Bonchev–Trinajstić information content (AvgIpc) is 3.15. The van der Waals surface area contributed by atoms with Gasteiger partial charge in [-0.05, 0) is 74.3 Å². The smallest absolute Gasteiger partial charge is 0.221 e. The Balaban J connectivity index is 2.41. The number of carbonyl (C=O) groups is 2. The van der Waals surface area contributed by atoms with E-state index in [1.54, 1.807) is 0 Å². The van der Waals surface area contributed by atoms with Crippen molar-refractivity contribution in [3.05, 3.63) is 47.0 Å². The minimum absolute atomic E-state index is 0.0901. The highest BCUT2D eigenvalue weighted by Crippen LogP contribution is 2.35. The highest BCUT2D eigenvalue weighted by atomic mass is 16.5. The molecule has 0 bridgehead atoms. The molecule has 0 aliphatic heterocycles. The Bertz CT molecular complexity index is 1450. The Kier molecular flexibility index (Phi) is 21.2. The summed E-state index contributed by atoms with van der Waals surface area (Å²) in [6, 6.07) is 13.0. The second-order valence-corrected chi connectivity index (χ2v) is 14.0. The predicted octanol–water partition coefficient (Wildman–Crippen LogP) is 12.0. The van der Waals surface area contributed by atoms with Crippen molar-refractivity contribution in [1.82, 2.24) is 0 Å². The van der Waals surface area contributed by atoms with Crippen LogP contribution in [0.3, 0.4) is 0 Å². The fourth-order valence-electron chi connectivity index (χ4n) is 6.48. The van der Waals surface area contributed by atoms with Crippen LogP contribution in [0.15, 0.2) is 40.6 Å². The van der Waals surface area contributed by atoms with E-state index in [1.165, 1.54) is 57.6 Å². The lowest BCUT2D eigenvalue weighted by atomic mass is 9.95. The third-order valence-electron chi connectivity index (χ3n) is 9.87. The number of rotatable bonds is 26. The fourth-order valence-corrected chi connectivity index (χ4v) is 6.48. The van der Waals surface area contributed by atoms with E-state index in [1.807, 2.05) is 18.2 Å². The summed E-state index contributed by atoms with van der Waals surface area (Å²) in [7, 11) is 0. The molecule has 9 nitrogen and oxygen atoms in total. The van der Waals surface area contributed by atoms with Crippen LogP contribution < -0.4 is 10.2 Å². The van der Waals surface area contributed by atoms with Crippen molar-refractivity contribution >= 4 is 34.4 Å². The van der Waals surface area contributed by atoms with E-state index in [-0.39, 0.29) is 41.0 Å². The number of hydrogen-bond donors (Lipinski definition) is 1. The Morgan fingerprint density at radius 3 is 1.87 bits per heavy atom. The molecule has 3 atom stereocenters. The van der Waals surface area contributed by atoms with E-state index in [2.05, 4.69) is 74.1 Å². The van der Waals surface area contributed by atoms with Crippen LogP contribution in [0.25, 0.3) is 0 Å². The Morgan fingerprint density at radius 1 is 0.788 bits per heavy atom. The lowest BCUT2D eigenvalue weighted by molar-refractivity contribution is -0.114. The van der Waals surface area contributed by atoms with Gasteiger partial charge in [0.05, 0.1) is 22.9 Å². The largest absolute Gasteiger partial charge is 0.378 e. The maximum absolute atomic E-state index is 13.1. The minimum Gasteiger partial charge on any atom is -0.378 e. The quantitative estimate of drug-likeness (QED) is 0.0586. The molecule has 0 saturated carbocycles. The van der Waals surface area contributed by atoms with Crippen molar-refractivity contribution in [2.24, 2.45) is 22.1 Å². The van der Waals surface area contributed by atoms with Gasteiger partial charge in [0.2, 0.25) is 5.91 Å². The molecule has 1 amide bonds. The third kappa shape index (κ3) is 14.9. The predicted molar refractivity (Wildman–Crippen MR) is 213 cm³/mol. The number of nitrogens with zero attached hydrogens (tertiary/aromatic N) is 5. The van der Waals surface area contributed by atoms with Gasteiger partial charge in [-0.25, -0.2) is 0 Å². The number of nitrogens with one attached hydrogen (secondary N) is 1. The molecule has 0 heterocycles. The zero-order valence-corrected chi connectivity index (χ0v) is 33.1. The van der Waals surface area contributed by atoms with E-state index in [4.69, 9.17) is 4.74 Å². The van der Waals surface area contributed by atoms with Crippen LogP contribution in [0, 0.1) is 34.5 Å². The molecule has 0 aliphatic rings. The molecule has 2 aromatic rings. The first kappa shape index (κ1) is 44.1. The number of ether oxygens (including phenoxy) is 1. The first-order valence-electron chi connectivity index (χ1n) is 19.9. The number of Topliss-reactive ketones (excluding diaryl/α,β-unsaturated/α-hetero) is 1. The molecule has 284 valence electrons. The van der Waals surface area contributed by atoms with Crippen molar-refractivity contribution in [1.29, 1.82) is 10.5 Å². The topological polar surface area (TPSA) is 131 Å². The molecule has 0 saturated heterocycles. The SMILES string of the molecule is CCCCC(CC)CN(CC(CC)CCCC)c1ccc(N=Nc2c(C#N)cc(C(=O)CCCOC(CC)CCCC)cc2C#N)c(NC(C)=O)c1. The molecule has 2 aromatic carbocycles.